The molecule has 0 aliphatic carbocycles. The maximum atomic E-state index is 9.63. The standard InChI is InChI=1S/2C14H22O.H4O7P2/c2*1-2-3-4-5-6-7-8-13-9-11-14(15)12-10-13;1-8(2,3)7-9(4,5)6/h2*9-12,15H,2-8H2,1H3;(H2,1,2,3)(H2,4,5,6). The van der Waals surface area contributed by atoms with Crippen LogP contribution in [0, 0.1) is 0 Å². The Bertz CT molecular complexity index is 861. The number of aromatic hydroxyl groups is 2. The van der Waals surface area contributed by atoms with Gasteiger partial charge in [-0.05, 0) is 61.1 Å². The van der Waals surface area contributed by atoms with E-state index in [1.165, 1.54) is 88.2 Å². The fourth-order valence-corrected chi connectivity index (χ4v) is 4.79. The molecular weight excluding hydrogens is 542 g/mol. The topological polar surface area (TPSA) is 165 Å². The molecule has 11 heteroatoms. The van der Waals surface area contributed by atoms with Gasteiger partial charge in [-0.3, -0.25) is 0 Å². The molecule has 0 heterocycles. The van der Waals surface area contributed by atoms with Gasteiger partial charge in [0.25, 0.3) is 0 Å². The van der Waals surface area contributed by atoms with Crippen molar-refractivity contribution in [3.8, 4) is 11.5 Å². The van der Waals surface area contributed by atoms with Gasteiger partial charge < -0.3 is 29.8 Å². The number of aryl methyl sites for hydroxylation is 2. The largest absolute Gasteiger partial charge is 0.508 e. The van der Waals surface area contributed by atoms with Crippen LogP contribution in [0.3, 0.4) is 0 Å². The Morgan fingerprint density at radius 1 is 0.513 bits per heavy atom. The maximum Gasteiger partial charge on any atom is 0.478 e. The van der Waals surface area contributed by atoms with Crippen LogP contribution < -0.4 is 0 Å². The summed E-state index contributed by atoms with van der Waals surface area (Å²) in [4.78, 5) is 31.0. The molecule has 0 unspecified atom stereocenters. The van der Waals surface area contributed by atoms with Crippen LogP contribution in [0.2, 0.25) is 0 Å². The lowest BCUT2D eigenvalue weighted by Gasteiger charge is -2.03. The third-order valence-electron chi connectivity index (χ3n) is 5.72. The van der Waals surface area contributed by atoms with Crippen molar-refractivity contribution in [1.29, 1.82) is 0 Å². The second-order valence-corrected chi connectivity index (χ2v) is 12.0. The number of rotatable bonds is 16. The van der Waals surface area contributed by atoms with Crippen molar-refractivity contribution < 1.29 is 43.2 Å². The van der Waals surface area contributed by atoms with Crippen LogP contribution in [0.15, 0.2) is 48.5 Å². The number of unbranched alkanes of at least 4 members (excludes halogenated alkanes) is 10. The van der Waals surface area contributed by atoms with Crippen LogP contribution in [0.1, 0.15) is 102 Å². The first-order valence-electron chi connectivity index (χ1n) is 13.7. The molecule has 0 bridgehead atoms. The molecular formula is C28H48O9P2. The normalized spacial score (nSPS) is 11.2. The molecule has 0 atom stereocenters. The smallest absolute Gasteiger partial charge is 0.478 e. The Labute approximate surface area is 233 Å². The lowest BCUT2D eigenvalue weighted by atomic mass is 10.1. The predicted octanol–water partition coefficient (Wildman–Crippen LogP) is 7.78. The Hall–Kier alpha value is -1.70. The maximum absolute atomic E-state index is 9.63. The van der Waals surface area contributed by atoms with Gasteiger partial charge in [-0.15, -0.1) is 0 Å². The van der Waals surface area contributed by atoms with Gasteiger partial charge in [-0.2, -0.15) is 4.31 Å². The molecule has 0 amide bonds. The third kappa shape index (κ3) is 26.3. The number of benzene rings is 2. The minimum atomic E-state index is -5.05. The van der Waals surface area contributed by atoms with Gasteiger partial charge in [0.15, 0.2) is 0 Å². The van der Waals surface area contributed by atoms with Crippen molar-refractivity contribution in [2.45, 2.75) is 104 Å². The molecule has 2 aromatic carbocycles. The van der Waals surface area contributed by atoms with Crippen LogP contribution in [-0.2, 0) is 26.3 Å². The van der Waals surface area contributed by atoms with Gasteiger partial charge in [-0.25, -0.2) is 9.13 Å². The van der Waals surface area contributed by atoms with Crippen molar-refractivity contribution in [3.05, 3.63) is 59.7 Å². The molecule has 0 aromatic heterocycles. The van der Waals surface area contributed by atoms with Gasteiger partial charge in [0.2, 0.25) is 0 Å². The summed E-state index contributed by atoms with van der Waals surface area (Å²) in [6, 6.07) is 15.1. The van der Waals surface area contributed by atoms with Crippen molar-refractivity contribution in [3.63, 3.8) is 0 Å². The highest BCUT2D eigenvalue weighted by molar-refractivity contribution is 7.60. The summed E-state index contributed by atoms with van der Waals surface area (Å²) in [6.07, 6.45) is 18.4. The zero-order valence-electron chi connectivity index (χ0n) is 23.3. The minimum absolute atomic E-state index is 0.363. The molecule has 0 saturated carbocycles. The quantitative estimate of drug-likeness (QED) is 0.0845. The molecule has 0 radical (unpaired) electrons. The molecule has 9 nitrogen and oxygen atoms in total. The van der Waals surface area contributed by atoms with Crippen LogP contribution >= 0.6 is 15.6 Å². The van der Waals surface area contributed by atoms with Crippen LogP contribution in [0.5, 0.6) is 11.5 Å². The third-order valence-corrected chi connectivity index (χ3v) is 7.43. The molecule has 6 N–H and O–H groups in total. The fraction of sp³-hybridized carbons (Fsp3) is 0.571. The first-order valence-corrected chi connectivity index (χ1v) is 16.8. The first kappa shape index (κ1) is 37.3. The van der Waals surface area contributed by atoms with E-state index in [0.29, 0.717) is 11.5 Å². The molecule has 0 fully saturated rings. The van der Waals surface area contributed by atoms with E-state index in [9.17, 15) is 9.13 Å². The number of phosphoric acid groups is 2. The van der Waals surface area contributed by atoms with Crippen molar-refractivity contribution in [2.24, 2.45) is 0 Å². The van der Waals surface area contributed by atoms with Crippen molar-refractivity contribution in [2.75, 3.05) is 0 Å². The summed E-state index contributed by atoms with van der Waals surface area (Å²) in [7, 11) is -10.1. The van der Waals surface area contributed by atoms with Crippen molar-refractivity contribution in [1.82, 2.24) is 0 Å². The molecule has 224 valence electrons. The molecule has 0 aliphatic heterocycles. The molecule has 0 spiro atoms. The van der Waals surface area contributed by atoms with Gasteiger partial charge in [0.05, 0.1) is 0 Å². The van der Waals surface area contributed by atoms with E-state index in [2.05, 4.69) is 18.2 Å². The van der Waals surface area contributed by atoms with E-state index in [0.717, 1.165) is 12.8 Å². The SMILES string of the molecule is CCCCCCCCc1ccc(O)cc1.CCCCCCCCc1ccc(O)cc1.O=P(O)(O)OP(=O)(O)O. The van der Waals surface area contributed by atoms with E-state index in [1.807, 2.05) is 24.3 Å². The van der Waals surface area contributed by atoms with Crippen LogP contribution in [0.4, 0.5) is 0 Å². The lowest BCUT2D eigenvalue weighted by Crippen LogP contribution is -1.85. The number of hydrogen-bond acceptors (Lipinski definition) is 5. The number of phenolic OH excluding ortho intramolecular Hbond substituents is 2. The average Bonchev–Trinajstić information content (AvgIpc) is 2.84. The number of hydrogen-bond donors (Lipinski definition) is 6. The summed E-state index contributed by atoms with van der Waals surface area (Å²) < 4.78 is 22.2. The van der Waals surface area contributed by atoms with E-state index < -0.39 is 15.6 Å². The van der Waals surface area contributed by atoms with Crippen LogP contribution in [0.25, 0.3) is 0 Å². The first-order chi connectivity index (χ1) is 18.4. The summed E-state index contributed by atoms with van der Waals surface area (Å²) >= 11 is 0. The van der Waals surface area contributed by atoms with Gasteiger partial charge in [0, 0.05) is 0 Å². The summed E-state index contributed by atoms with van der Waals surface area (Å²) in [5.74, 6) is 0.725. The van der Waals surface area contributed by atoms with E-state index in [1.54, 1.807) is 24.3 Å². The highest BCUT2D eigenvalue weighted by Gasteiger charge is 2.27. The zero-order chi connectivity index (χ0) is 29.6. The average molecular weight is 591 g/mol. The van der Waals surface area contributed by atoms with Crippen LogP contribution in [-0.4, -0.2) is 29.8 Å². The Balaban J connectivity index is 0.000000576. The lowest BCUT2D eigenvalue weighted by molar-refractivity contribution is 0.225. The minimum Gasteiger partial charge on any atom is -0.508 e. The second-order valence-electron chi connectivity index (χ2n) is 9.43. The monoisotopic (exact) mass is 590 g/mol. The zero-order valence-corrected chi connectivity index (χ0v) is 25.1. The van der Waals surface area contributed by atoms with Crippen molar-refractivity contribution >= 4 is 15.6 Å². The Morgan fingerprint density at radius 2 is 0.795 bits per heavy atom. The van der Waals surface area contributed by atoms with Gasteiger partial charge in [0.1, 0.15) is 11.5 Å². The van der Waals surface area contributed by atoms with Gasteiger partial charge in [-0.1, -0.05) is 102 Å². The molecule has 0 saturated heterocycles. The molecule has 39 heavy (non-hydrogen) atoms. The molecule has 0 aliphatic rings. The summed E-state index contributed by atoms with van der Waals surface area (Å²) in [5.41, 5.74) is 2.67. The predicted molar refractivity (Wildman–Crippen MR) is 156 cm³/mol. The van der Waals surface area contributed by atoms with E-state index in [4.69, 9.17) is 29.8 Å². The summed E-state index contributed by atoms with van der Waals surface area (Å²) in [6.45, 7) is 4.49. The molecule has 2 aromatic rings. The number of phenols is 2. The second kappa shape index (κ2) is 22.0. The fourth-order valence-electron chi connectivity index (χ4n) is 3.68. The highest BCUT2D eigenvalue weighted by Crippen LogP contribution is 2.53. The highest BCUT2D eigenvalue weighted by atomic mass is 31.3. The molecule has 2 rings (SSSR count). The summed E-state index contributed by atoms with van der Waals surface area (Å²) in [5, 5.41) is 18.3. The van der Waals surface area contributed by atoms with Gasteiger partial charge >= 0.3 is 15.6 Å². The Morgan fingerprint density at radius 3 is 1.05 bits per heavy atom. The Kier molecular flexibility index (Phi) is 21.1. The van der Waals surface area contributed by atoms with E-state index >= 15 is 0 Å². The van der Waals surface area contributed by atoms with E-state index in [-0.39, 0.29) is 0 Å².